The van der Waals surface area contributed by atoms with Gasteiger partial charge in [-0.05, 0) is 12.8 Å². The van der Waals surface area contributed by atoms with Crippen molar-refractivity contribution >= 4 is 5.69 Å². The lowest BCUT2D eigenvalue weighted by atomic mass is 9.78. The van der Waals surface area contributed by atoms with E-state index in [4.69, 9.17) is 0 Å². The van der Waals surface area contributed by atoms with Crippen molar-refractivity contribution in [1.29, 1.82) is 0 Å². The summed E-state index contributed by atoms with van der Waals surface area (Å²) in [5, 5.41) is 11.1. The summed E-state index contributed by atoms with van der Waals surface area (Å²) in [5.74, 6) is 0.862. The zero-order chi connectivity index (χ0) is 17.2. The second-order valence-corrected chi connectivity index (χ2v) is 8.34. The van der Waals surface area contributed by atoms with Crippen molar-refractivity contribution in [2.45, 2.75) is 63.6 Å². The first-order valence-corrected chi connectivity index (χ1v) is 10.1. The van der Waals surface area contributed by atoms with Gasteiger partial charge in [-0.3, -0.25) is 10.1 Å². The minimum absolute atomic E-state index is 0.233. The summed E-state index contributed by atoms with van der Waals surface area (Å²) in [6.45, 7) is 4.80. The molecule has 5 nitrogen and oxygen atoms in total. The van der Waals surface area contributed by atoms with Gasteiger partial charge in [-0.25, -0.2) is 0 Å². The topological polar surface area (TPSA) is 52.0 Å². The van der Waals surface area contributed by atoms with Gasteiger partial charge in [-0.2, -0.15) is 0 Å². The molecule has 0 aromatic heterocycles. The molecule has 4 rings (SSSR count). The zero-order valence-corrected chi connectivity index (χ0v) is 15.1. The number of rotatable bonds is 4. The Morgan fingerprint density at radius 3 is 2.68 bits per heavy atom. The maximum absolute atomic E-state index is 11.1. The first-order chi connectivity index (χ1) is 12.2. The van der Waals surface area contributed by atoms with Gasteiger partial charge in [0.1, 0.15) is 31.7 Å². The molecule has 2 saturated heterocycles. The lowest BCUT2D eigenvalue weighted by Crippen LogP contribution is -3.32. The van der Waals surface area contributed by atoms with E-state index in [0.717, 1.165) is 30.1 Å². The van der Waals surface area contributed by atoms with Crippen LogP contribution in [0.5, 0.6) is 0 Å². The molecule has 5 heteroatoms. The molecule has 136 valence electrons. The van der Waals surface area contributed by atoms with Gasteiger partial charge in [-0.1, -0.05) is 31.4 Å². The molecule has 4 atom stereocenters. The quantitative estimate of drug-likeness (QED) is 0.632. The van der Waals surface area contributed by atoms with Gasteiger partial charge in [0.05, 0.1) is 11.5 Å². The fourth-order valence-electron chi connectivity index (χ4n) is 5.86. The average Bonchev–Trinajstić information content (AvgIpc) is 3.11. The molecule has 2 N–H and O–H groups in total. The fraction of sp³-hybridized carbons (Fsp3) is 0.700. The fourth-order valence-corrected chi connectivity index (χ4v) is 5.86. The van der Waals surface area contributed by atoms with E-state index in [1.807, 2.05) is 11.0 Å². The molecule has 1 aliphatic carbocycles. The molecule has 1 aromatic rings. The molecule has 0 radical (unpaired) electrons. The Morgan fingerprint density at radius 1 is 1.04 bits per heavy atom. The summed E-state index contributed by atoms with van der Waals surface area (Å²) in [4.78, 5) is 14.4. The van der Waals surface area contributed by atoms with Crippen LogP contribution in [0, 0.1) is 16.0 Å². The van der Waals surface area contributed by atoms with Crippen molar-refractivity contribution in [1.82, 2.24) is 0 Å². The number of hydrogen-bond acceptors (Lipinski definition) is 2. The van der Waals surface area contributed by atoms with Crippen LogP contribution in [0.4, 0.5) is 5.69 Å². The Balaban J connectivity index is 1.55. The third-order valence-corrected chi connectivity index (χ3v) is 6.92. The molecular formula is C20H31N3O2+2. The second-order valence-electron chi connectivity index (χ2n) is 8.34. The van der Waals surface area contributed by atoms with Crippen molar-refractivity contribution < 1.29 is 14.7 Å². The highest BCUT2D eigenvalue weighted by Gasteiger charge is 2.49. The van der Waals surface area contributed by atoms with E-state index in [2.05, 4.69) is 6.07 Å². The maximum atomic E-state index is 11.1. The second kappa shape index (κ2) is 7.42. The molecule has 3 fully saturated rings. The molecule has 2 unspecified atom stereocenters. The predicted octanol–water partition coefficient (Wildman–Crippen LogP) is 0.990. The lowest BCUT2D eigenvalue weighted by molar-refractivity contribution is -1.05. The number of piperazine rings is 1. The predicted molar refractivity (Wildman–Crippen MR) is 96.7 cm³/mol. The number of fused-ring (bicyclic) bond motifs is 1. The smallest absolute Gasteiger partial charge is 0.269 e. The largest absolute Gasteiger partial charge is 0.323 e. The summed E-state index contributed by atoms with van der Waals surface area (Å²) in [6.07, 6.45) is 9.76. The van der Waals surface area contributed by atoms with Crippen LogP contribution < -0.4 is 9.80 Å². The maximum Gasteiger partial charge on any atom is 0.269 e. The lowest BCUT2D eigenvalue weighted by Gasteiger charge is -2.44. The van der Waals surface area contributed by atoms with Gasteiger partial charge in [0.25, 0.3) is 5.69 Å². The van der Waals surface area contributed by atoms with E-state index < -0.39 is 0 Å². The summed E-state index contributed by atoms with van der Waals surface area (Å²) in [5.41, 5.74) is 1.36. The van der Waals surface area contributed by atoms with Crippen molar-refractivity contribution in [2.24, 2.45) is 5.92 Å². The normalized spacial score (nSPS) is 33.1. The molecule has 0 spiro atoms. The van der Waals surface area contributed by atoms with E-state index in [1.165, 1.54) is 64.6 Å². The minimum atomic E-state index is -0.267. The molecule has 2 aliphatic heterocycles. The number of quaternary nitrogens is 2. The summed E-state index contributed by atoms with van der Waals surface area (Å²) in [7, 11) is 0. The Hall–Kier alpha value is -1.46. The molecule has 1 aromatic carbocycles. The van der Waals surface area contributed by atoms with E-state index in [0.29, 0.717) is 0 Å². The van der Waals surface area contributed by atoms with Gasteiger partial charge in [-0.15, -0.1) is 0 Å². The summed E-state index contributed by atoms with van der Waals surface area (Å²) < 4.78 is 0. The van der Waals surface area contributed by atoms with Crippen molar-refractivity contribution in [2.75, 3.05) is 19.6 Å². The first kappa shape index (κ1) is 17.0. The molecular weight excluding hydrogens is 314 g/mol. The average molecular weight is 345 g/mol. The van der Waals surface area contributed by atoms with Crippen LogP contribution in [0.1, 0.15) is 50.5 Å². The molecule has 3 aliphatic rings. The third-order valence-electron chi connectivity index (χ3n) is 6.92. The van der Waals surface area contributed by atoms with Crippen molar-refractivity contribution in [3.63, 3.8) is 0 Å². The summed E-state index contributed by atoms with van der Waals surface area (Å²) in [6, 6.07) is 8.90. The molecule has 1 saturated carbocycles. The SMILES string of the molecule is O=[N+]([O-])c1cccc(C[NH+]2CC[NH+]3CCC[C@@H]3[C@@H]2C2CCCCC2)c1. The van der Waals surface area contributed by atoms with E-state index in [1.54, 1.807) is 17.0 Å². The Labute approximate surface area is 150 Å². The third kappa shape index (κ3) is 3.58. The van der Waals surface area contributed by atoms with Crippen LogP contribution in [0.25, 0.3) is 0 Å². The van der Waals surface area contributed by atoms with Crippen molar-refractivity contribution in [3.05, 3.63) is 39.9 Å². The van der Waals surface area contributed by atoms with Crippen LogP contribution in [-0.4, -0.2) is 36.6 Å². The highest BCUT2D eigenvalue weighted by atomic mass is 16.6. The number of hydrogen-bond donors (Lipinski definition) is 2. The highest BCUT2D eigenvalue weighted by molar-refractivity contribution is 5.33. The Bertz CT molecular complexity index is 615. The Morgan fingerprint density at radius 2 is 1.88 bits per heavy atom. The number of nitro groups is 1. The van der Waals surface area contributed by atoms with Crippen LogP contribution >= 0.6 is 0 Å². The van der Waals surface area contributed by atoms with Crippen LogP contribution in [0.15, 0.2) is 24.3 Å². The van der Waals surface area contributed by atoms with Gasteiger partial charge in [0.2, 0.25) is 0 Å². The highest BCUT2D eigenvalue weighted by Crippen LogP contribution is 2.28. The summed E-state index contributed by atoms with van der Waals surface area (Å²) >= 11 is 0. The number of non-ortho nitro benzene ring substituents is 1. The van der Waals surface area contributed by atoms with E-state index in [9.17, 15) is 10.1 Å². The first-order valence-electron chi connectivity index (χ1n) is 10.1. The van der Waals surface area contributed by atoms with E-state index >= 15 is 0 Å². The monoisotopic (exact) mass is 345 g/mol. The number of nitro benzene ring substituents is 1. The molecule has 0 bridgehead atoms. The van der Waals surface area contributed by atoms with Crippen LogP contribution in [0.3, 0.4) is 0 Å². The van der Waals surface area contributed by atoms with Gasteiger partial charge >= 0.3 is 0 Å². The van der Waals surface area contributed by atoms with Gasteiger partial charge < -0.3 is 9.80 Å². The zero-order valence-electron chi connectivity index (χ0n) is 15.1. The molecule has 2 heterocycles. The van der Waals surface area contributed by atoms with Crippen LogP contribution in [0.2, 0.25) is 0 Å². The number of nitrogens with zero attached hydrogens (tertiary/aromatic N) is 1. The van der Waals surface area contributed by atoms with E-state index in [-0.39, 0.29) is 10.6 Å². The number of nitrogens with one attached hydrogen (secondary N) is 2. The molecule has 0 amide bonds. The minimum Gasteiger partial charge on any atom is -0.323 e. The number of benzene rings is 1. The Kier molecular flexibility index (Phi) is 5.04. The molecule has 25 heavy (non-hydrogen) atoms. The van der Waals surface area contributed by atoms with Crippen LogP contribution in [-0.2, 0) is 6.54 Å². The standard InChI is InChI=1S/C20H29N3O2/c24-23(25)18-9-4-6-16(14-18)15-22-13-12-21-11-5-10-19(21)20(22)17-7-2-1-3-8-17/h4,6,9,14,17,19-20H,1-3,5,7-8,10-13,15H2/p+2/t19-,20+/m1/s1. The van der Waals surface area contributed by atoms with Gasteiger partial charge in [0, 0.05) is 36.5 Å². The van der Waals surface area contributed by atoms with Gasteiger partial charge in [0.15, 0.2) is 0 Å². The van der Waals surface area contributed by atoms with Crippen molar-refractivity contribution in [3.8, 4) is 0 Å².